The minimum Gasteiger partial charge on any atom is -0.453 e. The maximum atomic E-state index is 12.5. The van der Waals surface area contributed by atoms with Crippen molar-refractivity contribution >= 4 is 16.4 Å². The van der Waals surface area contributed by atoms with Crippen LogP contribution >= 0.6 is 0 Å². The Balaban J connectivity index is 1.57. The Bertz CT molecular complexity index is 791. The topological polar surface area (TPSA) is 107 Å². The molecule has 4 rings (SSSR count). The van der Waals surface area contributed by atoms with E-state index in [4.69, 9.17) is 23.1 Å². The highest BCUT2D eigenvalue weighted by Crippen LogP contribution is 2.41. The van der Waals surface area contributed by atoms with E-state index in [1.807, 2.05) is 0 Å². The van der Waals surface area contributed by atoms with Gasteiger partial charge in [0.15, 0.2) is 24.3 Å². The van der Waals surface area contributed by atoms with E-state index < -0.39 is 52.9 Å². The Morgan fingerprint density at radius 3 is 2.54 bits per heavy atom. The first kappa shape index (κ1) is 17.8. The summed E-state index contributed by atoms with van der Waals surface area (Å²) in [6.45, 7) is 3.17. The van der Waals surface area contributed by atoms with Crippen LogP contribution in [0.5, 0.6) is 0 Å². The normalized spacial score (nSPS) is 37.4. The molecular weight excluding hydrogens is 368 g/mol. The maximum Gasteiger partial charge on any atom is 0.400 e. The number of ether oxygens (including phenoxy) is 4. The van der Waals surface area contributed by atoms with Gasteiger partial charge in [0.2, 0.25) is 0 Å². The summed E-state index contributed by atoms with van der Waals surface area (Å²) in [5.41, 5.74) is 0.351. The van der Waals surface area contributed by atoms with Crippen molar-refractivity contribution in [2.45, 2.75) is 50.3 Å². The summed E-state index contributed by atoms with van der Waals surface area (Å²) in [4.78, 5) is 12.5. The van der Waals surface area contributed by atoms with E-state index in [1.54, 1.807) is 44.2 Å². The molecule has 3 heterocycles. The predicted molar refractivity (Wildman–Crippen MR) is 84.1 cm³/mol. The van der Waals surface area contributed by atoms with Crippen LogP contribution in [0.3, 0.4) is 0 Å². The van der Waals surface area contributed by atoms with Gasteiger partial charge < -0.3 is 18.9 Å². The first-order valence-corrected chi connectivity index (χ1v) is 9.42. The minimum atomic E-state index is -4.09. The summed E-state index contributed by atoms with van der Waals surface area (Å²) < 4.78 is 55.2. The zero-order chi connectivity index (χ0) is 18.5. The zero-order valence-corrected chi connectivity index (χ0v) is 14.9. The lowest BCUT2D eigenvalue weighted by molar-refractivity contribution is -0.223. The number of rotatable bonds is 3. The fraction of sp³-hybridized carbons (Fsp3) is 0.562. The third-order valence-electron chi connectivity index (χ3n) is 4.26. The van der Waals surface area contributed by atoms with Crippen LogP contribution in [0.2, 0.25) is 0 Å². The Labute approximate surface area is 150 Å². The Morgan fingerprint density at radius 1 is 1.15 bits per heavy atom. The van der Waals surface area contributed by atoms with Crippen molar-refractivity contribution in [2.24, 2.45) is 0 Å². The molecule has 0 spiro atoms. The molecule has 0 unspecified atom stereocenters. The van der Waals surface area contributed by atoms with E-state index in [0.717, 1.165) is 0 Å². The molecule has 0 aromatic heterocycles. The zero-order valence-electron chi connectivity index (χ0n) is 14.1. The molecule has 9 nitrogen and oxygen atoms in total. The van der Waals surface area contributed by atoms with Crippen molar-refractivity contribution in [2.75, 3.05) is 6.61 Å². The molecule has 10 heteroatoms. The average Bonchev–Trinajstić information content (AvgIpc) is 3.18. The highest BCUT2D eigenvalue weighted by atomic mass is 32.3. The number of esters is 1. The highest BCUT2D eigenvalue weighted by Gasteiger charge is 2.60. The van der Waals surface area contributed by atoms with Gasteiger partial charge in [-0.25, -0.2) is 13.2 Å². The number of carbonyl (C=O) groups is 1. The third kappa shape index (κ3) is 3.36. The van der Waals surface area contributed by atoms with Gasteiger partial charge in [-0.3, -0.25) is 0 Å². The van der Waals surface area contributed by atoms with Crippen LogP contribution in [0, 0.1) is 0 Å². The highest BCUT2D eigenvalue weighted by molar-refractivity contribution is 7.82. The summed E-state index contributed by atoms with van der Waals surface area (Å²) in [6, 6.07) is 8.42. The van der Waals surface area contributed by atoms with E-state index in [0.29, 0.717) is 5.56 Å². The van der Waals surface area contributed by atoms with Crippen molar-refractivity contribution in [1.82, 2.24) is 0 Å². The Hall–Kier alpha value is -1.56. The molecule has 0 amide bonds. The summed E-state index contributed by atoms with van der Waals surface area (Å²) in [7, 11) is -4.09. The molecule has 26 heavy (non-hydrogen) atoms. The molecule has 0 bridgehead atoms. The fourth-order valence-electron chi connectivity index (χ4n) is 3.21. The molecule has 3 aliphatic rings. The van der Waals surface area contributed by atoms with Crippen molar-refractivity contribution in [3.63, 3.8) is 0 Å². The number of hydrogen-bond acceptors (Lipinski definition) is 9. The number of fused-ring (bicyclic) bond motifs is 1. The lowest BCUT2D eigenvalue weighted by atomic mass is 10.1. The second-order valence-corrected chi connectivity index (χ2v) is 7.88. The monoisotopic (exact) mass is 386 g/mol. The van der Waals surface area contributed by atoms with E-state index in [1.165, 1.54) is 0 Å². The first-order chi connectivity index (χ1) is 12.2. The molecule has 142 valence electrons. The summed E-state index contributed by atoms with van der Waals surface area (Å²) >= 11 is 0. The molecule has 1 aromatic rings. The standard InChI is InChI=1S/C16H18O9S/c1-16(2)23-13-12(21-14(17)9-6-4-3-5-7-9)11(22-15(13)24-16)10-8-20-26(18,19)25-10/h3-7,10-13,15H,8H2,1-2H3/t10-,11-,12+,13-,15-/m1/s1. The molecule has 0 aliphatic carbocycles. The van der Waals surface area contributed by atoms with Gasteiger partial charge in [0.25, 0.3) is 0 Å². The molecule has 3 aliphatic heterocycles. The number of carbonyl (C=O) groups excluding carboxylic acids is 1. The van der Waals surface area contributed by atoms with Crippen LogP contribution < -0.4 is 0 Å². The van der Waals surface area contributed by atoms with Gasteiger partial charge in [-0.2, -0.15) is 8.42 Å². The summed E-state index contributed by atoms with van der Waals surface area (Å²) in [5, 5.41) is 0. The lowest BCUT2D eigenvalue weighted by Gasteiger charge is -2.27. The Kier molecular flexibility index (Phi) is 4.29. The number of hydrogen-bond donors (Lipinski definition) is 0. The Morgan fingerprint density at radius 2 is 1.88 bits per heavy atom. The van der Waals surface area contributed by atoms with Crippen molar-refractivity contribution in [3.05, 3.63) is 35.9 Å². The molecule has 0 saturated carbocycles. The molecule has 0 radical (unpaired) electrons. The van der Waals surface area contributed by atoms with Gasteiger partial charge in [0, 0.05) is 0 Å². The van der Waals surface area contributed by atoms with Gasteiger partial charge in [0.05, 0.1) is 12.2 Å². The molecule has 5 atom stereocenters. The average molecular weight is 386 g/mol. The van der Waals surface area contributed by atoms with E-state index in [2.05, 4.69) is 4.18 Å². The fourth-order valence-corrected chi connectivity index (χ4v) is 4.03. The molecule has 0 N–H and O–H groups in total. The van der Waals surface area contributed by atoms with Crippen LogP contribution in [0.15, 0.2) is 30.3 Å². The SMILES string of the molecule is CC1(C)O[C@H]2O[C@H]([C@H]3COS(=O)(=O)O3)[C@H](OC(=O)c3ccccc3)[C@H]2O1. The van der Waals surface area contributed by atoms with Crippen LogP contribution in [0.1, 0.15) is 24.2 Å². The van der Waals surface area contributed by atoms with E-state index >= 15 is 0 Å². The first-order valence-electron chi connectivity index (χ1n) is 8.09. The van der Waals surface area contributed by atoms with Gasteiger partial charge in [-0.1, -0.05) is 18.2 Å². The van der Waals surface area contributed by atoms with E-state index in [9.17, 15) is 13.2 Å². The quantitative estimate of drug-likeness (QED) is 0.696. The van der Waals surface area contributed by atoms with Crippen LogP contribution in [-0.4, -0.2) is 57.5 Å². The van der Waals surface area contributed by atoms with Crippen molar-refractivity contribution in [1.29, 1.82) is 0 Å². The van der Waals surface area contributed by atoms with Gasteiger partial charge in [0.1, 0.15) is 12.2 Å². The lowest BCUT2D eigenvalue weighted by Crippen LogP contribution is -2.44. The van der Waals surface area contributed by atoms with Gasteiger partial charge in [-0.05, 0) is 26.0 Å². The van der Waals surface area contributed by atoms with Crippen LogP contribution in [0.25, 0.3) is 0 Å². The van der Waals surface area contributed by atoms with Crippen molar-refractivity contribution < 1.29 is 40.5 Å². The van der Waals surface area contributed by atoms with Crippen molar-refractivity contribution in [3.8, 4) is 0 Å². The van der Waals surface area contributed by atoms with Crippen LogP contribution in [-0.2, 0) is 37.7 Å². The van der Waals surface area contributed by atoms with E-state index in [-0.39, 0.29) is 6.61 Å². The smallest absolute Gasteiger partial charge is 0.400 e. The second-order valence-electron chi connectivity index (χ2n) is 6.63. The second kappa shape index (κ2) is 6.25. The van der Waals surface area contributed by atoms with Gasteiger partial charge in [-0.15, -0.1) is 0 Å². The summed E-state index contributed by atoms with van der Waals surface area (Å²) in [5.74, 6) is -1.50. The third-order valence-corrected chi connectivity index (χ3v) is 5.17. The minimum absolute atomic E-state index is 0.241. The van der Waals surface area contributed by atoms with Gasteiger partial charge >= 0.3 is 16.4 Å². The maximum absolute atomic E-state index is 12.5. The number of benzene rings is 1. The molecule has 3 fully saturated rings. The molecule has 1 aromatic carbocycles. The summed E-state index contributed by atoms with van der Waals surface area (Å²) in [6.07, 6.45) is -4.32. The largest absolute Gasteiger partial charge is 0.453 e. The predicted octanol–water partition coefficient (Wildman–Crippen LogP) is 0.749. The molecular formula is C16H18O9S. The molecule has 3 saturated heterocycles. The van der Waals surface area contributed by atoms with Crippen LogP contribution in [0.4, 0.5) is 0 Å².